The average molecular weight is 336 g/mol. The Balaban J connectivity index is 1.63. The van der Waals surface area contributed by atoms with Gasteiger partial charge in [0.15, 0.2) is 0 Å². The summed E-state index contributed by atoms with van der Waals surface area (Å²) in [5, 5.41) is 0.822. The molecule has 1 aromatic carbocycles. The van der Waals surface area contributed by atoms with Crippen molar-refractivity contribution in [2.45, 2.75) is 32.6 Å². The molecule has 0 unspecified atom stereocenters. The predicted octanol–water partition coefficient (Wildman–Crippen LogP) is 3.39. The monoisotopic (exact) mass is 335 g/mol. The molecule has 2 aliphatic heterocycles. The quantitative estimate of drug-likeness (QED) is 0.844. The number of hydrogen-bond donors (Lipinski definition) is 0. The van der Waals surface area contributed by atoms with Crippen LogP contribution in [0.4, 0.5) is 11.4 Å². The Labute approximate surface area is 144 Å². The highest BCUT2D eigenvalue weighted by Gasteiger charge is 2.22. The Bertz CT molecular complexity index is 549. The van der Waals surface area contributed by atoms with E-state index < -0.39 is 0 Å². The van der Waals surface area contributed by atoms with E-state index in [0.29, 0.717) is 6.42 Å². The molecule has 4 nitrogen and oxygen atoms in total. The summed E-state index contributed by atoms with van der Waals surface area (Å²) < 4.78 is 0. The Hall–Kier alpha value is -1.42. The van der Waals surface area contributed by atoms with Gasteiger partial charge in [0, 0.05) is 51.4 Å². The molecule has 23 heavy (non-hydrogen) atoms. The van der Waals surface area contributed by atoms with Gasteiger partial charge in [0.1, 0.15) is 0 Å². The van der Waals surface area contributed by atoms with Crippen LogP contribution in [0.2, 0.25) is 5.02 Å². The van der Waals surface area contributed by atoms with Gasteiger partial charge in [-0.3, -0.25) is 4.79 Å². The molecule has 2 heterocycles. The molecule has 1 amide bonds. The molecule has 0 atom stereocenters. The third-order valence-electron chi connectivity index (χ3n) is 4.84. The van der Waals surface area contributed by atoms with E-state index in [1.54, 1.807) is 0 Å². The Kier molecular flexibility index (Phi) is 5.31. The standard InChI is InChI=1S/C18H26ClN3O/c1-2-5-18(23)22-12-10-21(11-13-22)17-7-6-15(14-16(17)19)20-8-3-4-9-20/h6-7,14H,2-5,8-13H2,1H3. The first-order valence-electron chi connectivity index (χ1n) is 8.76. The van der Waals surface area contributed by atoms with E-state index in [1.165, 1.54) is 18.5 Å². The number of nitrogens with zero attached hydrogens (tertiary/aromatic N) is 3. The Morgan fingerprint density at radius 3 is 2.35 bits per heavy atom. The van der Waals surface area contributed by atoms with Gasteiger partial charge in [0.25, 0.3) is 0 Å². The van der Waals surface area contributed by atoms with Crippen molar-refractivity contribution < 1.29 is 4.79 Å². The third kappa shape index (κ3) is 3.74. The second kappa shape index (κ2) is 7.43. The summed E-state index contributed by atoms with van der Waals surface area (Å²) in [6, 6.07) is 6.41. The number of halogens is 1. The first kappa shape index (κ1) is 16.4. The highest BCUT2D eigenvalue weighted by Crippen LogP contribution is 2.32. The topological polar surface area (TPSA) is 26.8 Å². The molecule has 0 N–H and O–H groups in total. The number of hydrogen-bond acceptors (Lipinski definition) is 3. The third-order valence-corrected chi connectivity index (χ3v) is 5.14. The lowest BCUT2D eigenvalue weighted by Gasteiger charge is -2.36. The van der Waals surface area contributed by atoms with Crippen LogP contribution in [0.25, 0.3) is 0 Å². The lowest BCUT2D eigenvalue weighted by Crippen LogP contribution is -2.48. The van der Waals surface area contributed by atoms with Crippen LogP contribution in [-0.2, 0) is 4.79 Å². The smallest absolute Gasteiger partial charge is 0.222 e. The molecule has 0 spiro atoms. The molecular weight excluding hydrogens is 310 g/mol. The van der Waals surface area contributed by atoms with E-state index in [2.05, 4.69) is 34.9 Å². The van der Waals surface area contributed by atoms with Gasteiger partial charge in [0.2, 0.25) is 5.91 Å². The van der Waals surface area contributed by atoms with E-state index >= 15 is 0 Å². The van der Waals surface area contributed by atoms with Gasteiger partial charge in [-0.15, -0.1) is 0 Å². The summed E-state index contributed by atoms with van der Waals surface area (Å²) in [6.07, 6.45) is 4.12. The molecule has 0 bridgehead atoms. The van der Waals surface area contributed by atoms with E-state index in [1.807, 2.05) is 4.90 Å². The molecule has 0 aromatic heterocycles. The number of piperazine rings is 1. The van der Waals surface area contributed by atoms with Crippen molar-refractivity contribution in [3.63, 3.8) is 0 Å². The number of carbonyl (C=O) groups is 1. The van der Waals surface area contributed by atoms with E-state index in [4.69, 9.17) is 11.6 Å². The van der Waals surface area contributed by atoms with Gasteiger partial charge < -0.3 is 14.7 Å². The van der Waals surface area contributed by atoms with Crippen molar-refractivity contribution in [3.05, 3.63) is 23.2 Å². The van der Waals surface area contributed by atoms with E-state index in [9.17, 15) is 4.79 Å². The maximum absolute atomic E-state index is 12.0. The summed E-state index contributed by atoms with van der Waals surface area (Å²) in [5.41, 5.74) is 2.32. The molecule has 2 aliphatic rings. The molecule has 5 heteroatoms. The SMILES string of the molecule is CCCC(=O)N1CCN(c2ccc(N3CCCC3)cc2Cl)CC1. The predicted molar refractivity (Wildman–Crippen MR) is 96.6 cm³/mol. The van der Waals surface area contributed by atoms with Crippen molar-refractivity contribution in [3.8, 4) is 0 Å². The number of amides is 1. The van der Waals surface area contributed by atoms with Gasteiger partial charge in [-0.05, 0) is 37.5 Å². The van der Waals surface area contributed by atoms with Crippen LogP contribution < -0.4 is 9.80 Å². The normalized spacial score (nSPS) is 18.6. The van der Waals surface area contributed by atoms with Gasteiger partial charge in [0.05, 0.1) is 10.7 Å². The van der Waals surface area contributed by atoms with Crippen molar-refractivity contribution in [2.75, 3.05) is 49.1 Å². The Morgan fingerprint density at radius 1 is 1.04 bits per heavy atom. The fraction of sp³-hybridized carbons (Fsp3) is 0.611. The number of carbonyl (C=O) groups excluding carboxylic acids is 1. The van der Waals surface area contributed by atoms with E-state index in [0.717, 1.165) is 56.4 Å². The maximum atomic E-state index is 12.0. The fourth-order valence-corrected chi connectivity index (χ4v) is 3.79. The zero-order valence-corrected chi connectivity index (χ0v) is 14.7. The van der Waals surface area contributed by atoms with Crippen LogP contribution in [0.3, 0.4) is 0 Å². The van der Waals surface area contributed by atoms with Crippen LogP contribution in [0, 0.1) is 0 Å². The second-order valence-corrected chi connectivity index (χ2v) is 6.85. The molecular formula is C18H26ClN3O. The van der Waals surface area contributed by atoms with Crippen LogP contribution in [0.5, 0.6) is 0 Å². The Morgan fingerprint density at radius 2 is 1.74 bits per heavy atom. The van der Waals surface area contributed by atoms with Gasteiger partial charge in [-0.1, -0.05) is 18.5 Å². The van der Waals surface area contributed by atoms with E-state index in [-0.39, 0.29) is 5.91 Å². The first-order chi connectivity index (χ1) is 11.2. The van der Waals surface area contributed by atoms with Gasteiger partial charge >= 0.3 is 0 Å². The minimum atomic E-state index is 0.280. The van der Waals surface area contributed by atoms with Crippen molar-refractivity contribution >= 4 is 28.9 Å². The van der Waals surface area contributed by atoms with Crippen molar-refractivity contribution in [1.29, 1.82) is 0 Å². The summed E-state index contributed by atoms with van der Waals surface area (Å²) in [7, 11) is 0. The minimum Gasteiger partial charge on any atom is -0.371 e. The summed E-state index contributed by atoms with van der Waals surface area (Å²) in [4.78, 5) is 18.7. The molecule has 126 valence electrons. The maximum Gasteiger partial charge on any atom is 0.222 e. The zero-order chi connectivity index (χ0) is 16.2. The van der Waals surface area contributed by atoms with Crippen molar-refractivity contribution in [1.82, 2.24) is 4.90 Å². The molecule has 0 radical (unpaired) electrons. The molecule has 3 rings (SSSR count). The second-order valence-electron chi connectivity index (χ2n) is 6.45. The summed E-state index contributed by atoms with van der Waals surface area (Å²) in [6.45, 7) is 7.63. The molecule has 0 aliphatic carbocycles. The number of rotatable bonds is 4. The minimum absolute atomic E-state index is 0.280. The van der Waals surface area contributed by atoms with Gasteiger partial charge in [-0.25, -0.2) is 0 Å². The lowest BCUT2D eigenvalue weighted by molar-refractivity contribution is -0.131. The average Bonchev–Trinajstić information content (AvgIpc) is 3.10. The molecule has 0 saturated carbocycles. The first-order valence-corrected chi connectivity index (χ1v) is 9.14. The summed E-state index contributed by atoms with van der Waals surface area (Å²) in [5.74, 6) is 0.280. The highest BCUT2D eigenvalue weighted by molar-refractivity contribution is 6.33. The molecule has 2 fully saturated rings. The summed E-state index contributed by atoms with van der Waals surface area (Å²) >= 11 is 6.54. The van der Waals surface area contributed by atoms with Crippen LogP contribution >= 0.6 is 11.6 Å². The van der Waals surface area contributed by atoms with Crippen molar-refractivity contribution in [2.24, 2.45) is 0 Å². The lowest BCUT2D eigenvalue weighted by atomic mass is 10.2. The highest BCUT2D eigenvalue weighted by atomic mass is 35.5. The number of anilines is 2. The molecule has 2 saturated heterocycles. The fourth-order valence-electron chi connectivity index (χ4n) is 3.49. The molecule has 1 aromatic rings. The van der Waals surface area contributed by atoms with Crippen LogP contribution in [0.1, 0.15) is 32.6 Å². The largest absolute Gasteiger partial charge is 0.371 e. The zero-order valence-electron chi connectivity index (χ0n) is 13.9. The van der Waals surface area contributed by atoms with Gasteiger partial charge in [-0.2, -0.15) is 0 Å². The number of benzene rings is 1. The van der Waals surface area contributed by atoms with Crippen LogP contribution in [0.15, 0.2) is 18.2 Å². The van der Waals surface area contributed by atoms with Crippen LogP contribution in [-0.4, -0.2) is 50.1 Å².